The van der Waals surface area contributed by atoms with Gasteiger partial charge in [0, 0.05) is 50.6 Å². The van der Waals surface area contributed by atoms with Gasteiger partial charge in [0.1, 0.15) is 11.9 Å². The number of carbonyl (C=O) groups excluding carboxylic acids is 3. The summed E-state index contributed by atoms with van der Waals surface area (Å²) in [6.07, 6.45) is 2.00. The van der Waals surface area contributed by atoms with E-state index in [0.29, 0.717) is 37.2 Å². The number of benzene rings is 2. The van der Waals surface area contributed by atoms with E-state index >= 15 is 8.78 Å². The Morgan fingerprint density at radius 2 is 1.85 bits per heavy atom. The van der Waals surface area contributed by atoms with Crippen molar-refractivity contribution >= 4 is 34.9 Å². The van der Waals surface area contributed by atoms with E-state index in [-0.39, 0.29) is 58.0 Å². The van der Waals surface area contributed by atoms with E-state index in [1.54, 1.807) is 34.5 Å². The van der Waals surface area contributed by atoms with Gasteiger partial charge in [-0.05, 0) is 76.2 Å². The molecule has 2 aromatic carbocycles. The minimum Gasteiger partial charge on any atom is -0.384 e. The molecular formula is C35H40F2N6O4S. The van der Waals surface area contributed by atoms with Crippen LogP contribution >= 0.6 is 11.3 Å². The lowest BCUT2D eigenvalue weighted by molar-refractivity contribution is -0.139. The Hall–Kier alpha value is -4.20. The van der Waals surface area contributed by atoms with E-state index in [2.05, 4.69) is 15.5 Å². The molecule has 2 aliphatic carbocycles. The molecule has 4 atom stereocenters. The molecule has 3 aliphatic rings. The molecule has 0 unspecified atom stereocenters. The third kappa shape index (κ3) is 6.34. The monoisotopic (exact) mass is 678 g/mol. The molecule has 1 saturated heterocycles. The molecule has 13 heteroatoms. The van der Waals surface area contributed by atoms with Crippen LogP contribution in [0.1, 0.15) is 64.2 Å². The zero-order valence-electron chi connectivity index (χ0n) is 27.1. The van der Waals surface area contributed by atoms with Crippen molar-refractivity contribution in [1.82, 2.24) is 20.4 Å². The molecule has 0 spiro atoms. The Kier molecular flexibility index (Phi) is 9.14. The van der Waals surface area contributed by atoms with Crippen molar-refractivity contribution in [3.8, 4) is 11.1 Å². The smallest absolute Gasteiger partial charge is 0.299 e. The normalized spacial score (nSPS) is 22.1. The van der Waals surface area contributed by atoms with E-state index in [9.17, 15) is 14.4 Å². The first-order chi connectivity index (χ1) is 22.8. The topological polar surface area (TPSA) is 141 Å². The van der Waals surface area contributed by atoms with E-state index in [1.807, 2.05) is 21.0 Å². The molecule has 10 nitrogen and oxygen atoms in total. The SMILES string of the molecule is C[C@@H](NC(=O)[C@@H]1C[C@]2(COCCCN(C)C)C[C@@H]2N1C(=O)CNC(=O)c1ccc2c(c1)-c1ccccc1C2(F)F)c1cc(C(=N)N)cs1. The second-order valence-electron chi connectivity index (χ2n) is 13.3. The van der Waals surface area contributed by atoms with Crippen molar-refractivity contribution < 1.29 is 27.9 Å². The first-order valence-corrected chi connectivity index (χ1v) is 16.9. The first-order valence-electron chi connectivity index (χ1n) is 16.0. The van der Waals surface area contributed by atoms with Gasteiger partial charge in [-0.3, -0.25) is 19.8 Å². The third-order valence-electron chi connectivity index (χ3n) is 9.58. The summed E-state index contributed by atoms with van der Waals surface area (Å²) >= 11 is 1.39. The Morgan fingerprint density at radius 1 is 1.10 bits per heavy atom. The van der Waals surface area contributed by atoms with Crippen LogP contribution in [0.2, 0.25) is 0 Å². The van der Waals surface area contributed by atoms with Gasteiger partial charge < -0.3 is 30.9 Å². The Morgan fingerprint density at radius 3 is 2.58 bits per heavy atom. The maximum atomic E-state index is 15.0. The number of halogens is 2. The van der Waals surface area contributed by atoms with Crippen molar-refractivity contribution in [3.05, 3.63) is 81.0 Å². The molecule has 0 radical (unpaired) electrons. The molecule has 0 bridgehead atoms. The molecule has 3 aromatic rings. The van der Waals surface area contributed by atoms with Crippen LogP contribution < -0.4 is 16.4 Å². The van der Waals surface area contributed by atoms with Crippen LogP contribution in [0.15, 0.2) is 53.9 Å². The first kappa shape index (κ1) is 33.7. The fourth-order valence-electron chi connectivity index (χ4n) is 6.95. The van der Waals surface area contributed by atoms with Gasteiger partial charge in [0.25, 0.3) is 11.8 Å². The van der Waals surface area contributed by atoms with E-state index in [1.165, 1.54) is 35.6 Å². The summed E-state index contributed by atoms with van der Waals surface area (Å²) in [6, 6.07) is 10.7. The van der Waals surface area contributed by atoms with Crippen LogP contribution in [0.3, 0.4) is 0 Å². The number of fused-ring (bicyclic) bond motifs is 4. The van der Waals surface area contributed by atoms with Crippen LogP contribution in [-0.2, 0) is 20.2 Å². The van der Waals surface area contributed by atoms with Crippen molar-refractivity contribution in [2.45, 2.75) is 50.2 Å². The summed E-state index contributed by atoms with van der Waals surface area (Å²) in [6.45, 7) is 3.36. The van der Waals surface area contributed by atoms with Gasteiger partial charge in [-0.1, -0.05) is 30.3 Å². The number of alkyl halides is 2. The summed E-state index contributed by atoms with van der Waals surface area (Å²) in [4.78, 5) is 45.2. The number of amides is 3. The van der Waals surface area contributed by atoms with Gasteiger partial charge in [-0.25, -0.2) is 0 Å². The lowest BCUT2D eigenvalue weighted by atomic mass is 10.00. The Bertz CT molecular complexity index is 1760. The predicted molar refractivity (Wildman–Crippen MR) is 179 cm³/mol. The molecule has 6 rings (SSSR count). The second-order valence-corrected chi connectivity index (χ2v) is 14.2. The van der Waals surface area contributed by atoms with E-state index < -0.39 is 23.8 Å². The zero-order chi connectivity index (χ0) is 34.4. The molecule has 2 heterocycles. The summed E-state index contributed by atoms with van der Waals surface area (Å²) in [5.74, 6) is -4.50. The van der Waals surface area contributed by atoms with Gasteiger partial charge in [0.15, 0.2) is 0 Å². The molecule has 1 aromatic heterocycles. The summed E-state index contributed by atoms with van der Waals surface area (Å²) in [7, 11) is 4.00. The van der Waals surface area contributed by atoms with Crippen LogP contribution in [-0.4, -0.2) is 85.8 Å². The number of likely N-dealkylation sites (tertiary alicyclic amines) is 1. The number of ether oxygens (including phenoxy) is 1. The van der Waals surface area contributed by atoms with Crippen LogP contribution in [0.4, 0.5) is 8.78 Å². The number of nitrogens with zero attached hydrogens (tertiary/aromatic N) is 2. The zero-order valence-corrected chi connectivity index (χ0v) is 28.0. The summed E-state index contributed by atoms with van der Waals surface area (Å²) in [5.41, 5.74) is 6.41. The summed E-state index contributed by atoms with van der Waals surface area (Å²) in [5, 5.41) is 15.1. The van der Waals surface area contributed by atoms with Gasteiger partial charge in [0.05, 0.1) is 19.2 Å². The summed E-state index contributed by atoms with van der Waals surface area (Å²) < 4.78 is 36.1. The number of piperidine rings is 1. The Labute approximate surface area is 282 Å². The van der Waals surface area contributed by atoms with E-state index in [0.717, 1.165) is 17.8 Å². The highest BCUT2D eigenvalue weighted by Gasteiger charge is 2.67. The number of nitrogens with two attached hydrogens (primary N) is 1. The highest BCUT2D eigenvalue weighted by molar-refractivity contribution is 7.10. The predicted octanol–water partition coefficient (Wildman–Crippen LogP) is 4.09. The van der Waals surface area contributed by atoms with Crippen LogP contribution in [0, 0.1) is 10.8 Å². The minimum absolute atomic E-state index is 0.0547. The lowest BCUT2D eigenvalue weighted by Crippen LogP contribution is -2.51. The fraction of sp³-hybridized carbons (Fsp3) is 0.429. The lowest BCUT2D eigenvalue weighted by Gasteiger charge is -2.28. The maximum absolute atomic E-state index is 15.0. The van der Waals surface area contributed by atoms with E-state index in [4.69, 9.17) is 15.9 Å². The molecule has 3 amide bonds. The van der Waals surface area contributed by atoms with Gasteiger partial charge >= 0.3 is 0 Å². The maximum Gasteiger partial charge on any atom is 0.299 e. The van der Waals surface area contributed by atoms with Crippen LogP contribution in [0.25, 0.3) is 11.1 Å². The standard InChI is InChI=1S/C35H40F2N6O4S/c1-20(28-14-22(18-48-28)31(38)39)41-33(46)27-15-34(19-47-12-6-11-42(2)3)16-29(34)43(27)30(44)17-40-32(45)21-9-10-26-24(13-21)23-7-4-5-8-25(23)35(26,36)37/h4-5,7-10,13-14,18,20,27,29H,6,11-12,15-17,19H2,1-3H3,(H3,38,39)(H,40,45)(H,41,46)/t20-,27+,29+,34-/m1/s1. The van der Waals surface area contributed by atoms with Gasteiger partial charge in [-0.15, -0.1) is 11.3 Å². The van der Waals surface area contributed by atoms with Crippen molar-refractivity contribution in [1.29, 1.82) is 5.41 Å². The largest absolute Gasteiger partial charge is 0.384 e. The third-order valence-corrected chi connectivity index (χ3v) is 10.7. The minimum atomic E-state index is -3.16. The number of hydrogen-bond acceptors (Lipinski definition) is 7. The number of nitrogen functional groups attached to an aromatic ring is 1. The highest BCUT2D eigenvalue weighted by Crippen LogP contribution is 2.59. The van der Waals surface area contributed by atoms with Crippen molar-refractivity contribution in [2.75, 3.05) is 40.4 Å². The molecule has 5 N–H and O–H groups in total. The number of thiophene rings is 1. The molecule has 48 heavy (non-hydrogen) atoms. The van der Waals surface area contributed by atoms with Crippen molar-refractivity contribution in [2.24, 2.45) is 11.1 Å². The number of nitrogens with one attached hydrogen (secondary N) is 3. The fourth-order valence-corrected chi connectivity index (χ4v) is 7.86. The average molecular weight is 679 g/mol. The van der Waals surface area contributed by atoms with Crippen molar-refractivity contribution in [3.63, 3.8) is 0 Å². The molecule has 1 saturated carbocycles. The Balaban J connectivity index is 1.14. The second kappa shape index (κ2) is 13.0. The highest BCUT2D eigenvalue weighted by atomic mass is 32.1. The average Bonchev–Trinajstić information content (AvgIpc) is 3.33. The number of rotatable bonds is 13. The molecule has 1 aliphatic heterocycles. The quantitative estimate of drug-likeness (QED) is 0.122. The molecule has 254 valence electrons. The van der Waals surface area contributed by atoms with Gasteiger partial charge in [-0.2, -0.15) is 8.78 Å². The molecule has 2 fully saturated rings. The van der Waals surface area contributed by atoms with Gasteiger partial charge in [0.2, 0.25) is 11.8 Å². The number of carbonyl (C=O) groups is 3. The number of amidine groups is 1. The number of hydrogen-bond donors (Lipinski definition) is 4. The van der Waals surface area contributed by atoms with Crippen LogP contribution in [0.5, 0.6) is 0 Å². The molecular weight excluding hydrogens is 638 g/mol.